The molecule has 0 aliphatic carbocycles. The maximum atomic E-state index is 13.3. The van der Waals surface area contributed by atoms with Crippen molar-refractivity contribution in [2.75, 3.05) is 37.6 Å². The van der Waals surface area contributed by atoms with Crippen molar-refractivity contribution in [2.45, 2.75) is 39.2 Å². The van der Waals surface area contributed by atoms with Gasteiger partial charge in [-0.05, 0) is 38.8 Å². The number of guanidine groups is 1. The lowest BCUT2D eigenvalue weighted by molar-refractivity contribution is 0.229. The van der Waals surface area contributed by atoms with Gasteiger partial charge in [0.15, 0.2) is 11.1 Å². The molecule has 1 aliphatic rings. The van der Waals surface area contributed by atoms with Gasteiger partial charge in [-0.2, -0.15) is 0 Å². The van der Waals surface area contributed by atoms with Crippen LogP contribution in [0.1, 0.15) is 32.4 Å². The monoisotopic (exact) mass is 419 g/mol. The molecule has 1 aromatic carbocycles. The molecule has 0 saturated carbocycles. The van der Waals surface area contributed by atoms with Gasteiger partial charge in [-0.15, -0.1) is 11.3 Å². The number of anilines is 1. The number of aliphatic imine (C=N–C) groups is 1. The second-order valence-corrected chi connectivity index (χ2v) is 7.93. The molecular weight excluding hydrogens is 389 g/mol. The fourth-order valence-electron chi connectivity index (χ4n) is 3.15. The van der Waals surface area contributed by atoms with E-state index in [1.807, 2.05) is 13.8 Å². The van der Waals surface area contributed by atoms with Gasteiger partial charge in [0, 0.05) is 44.0 Å². The summed E-state index contributed by atoms with van der Waals surface area (Å²) in [6.45, 7) is 8.22. The predicted octanol–water partition coefficient (Wildman–Crippen LogP) is 3.45. The minimum Gasteiger partial charge on any atom is -0.489 e. The summed E-state index contributed by atoms with van der Waals surface area (Å²) in [5.74, 6) is 0.961. The lowest BCUT2D eigenvalue weighted by atomic mass is 10.3. The number of thiazole rings is 1. The normalized spacial score (nSPS) is 15.4. The highest BCUT2D eigenvalue weighted by Crippen LogP contribution is 2.24. The minimum atomic E-state index is -0.303. The Morgan fingerprint density at radius 3 is 2.93 bits per heavy atom. The SMILES string of the molecule is CCNC(=NCC(C)Oc1cccc(F)c1)NCCc1csc(N2CCCC2)n1. The molecule has 8 heteroatoms. The third-order valence-electron chi connectivity index (χ3n) is 4.57. The number of rotatable bonds is 9. The largest absolute Gasteiger partial charge is 0.489 e. The van der Waals surface area contributed by atoms with Gasteiger partial charge in [0.25, 0.3) is 0 Å². The topological polar surface area (TPSA) is 61.8 Å². The van der Waals surface area contributed by atoms with Gasteiger partial charge in [0.1, 0.15) is 17.7 Å². The lowest BCUT2D eigenvalue weighted by Gasteiger charge is -2.15. The summed E-state index contributed by atoms with van der Waals surface area (Å²) < 4.78 is 19.0. The number of aromatic nitrogens is 1. The maximum absolute atomic E-state index is 13.3. The van der Waals surface area contributed by atoms with Crippen molar-refractivity contribution in [2.24, 2.45) is 4.99 Å². The van der Waals surface area contributed by atoms with Gasteiger partial charge in [0.2, 0.25) is 0 Å². The zero-order chi connectivity index (χ0) is 20.5. The smallest absolute Gasteiger partial charge is 0.191 e. The molecule has 1 atom stereocenters. The maximum Gasteiger partial charge on any atom is 0.191 e. The zero-order valence-electron chi connectivity index (χ0n) is 17.2. The standard InChI is InChI=1S/C21H30FN5OS/c1-3-23-20(25-14-16(2)28-19-8-6-7-17(22)13-19)24-10-9-18-15-29-21(26-18)27-11-4-5-12-27/h6-8,13,15-16H,3-5,9-12,14H2,1-2H3,(H2,23,24,25). The molecule has 1 saturated heterocycles. The van der Waals surface area contributed by atoms with E-state index in [1.54, 1.807) is 23.5 Å². The third kappa shape index (κ3) is 6.88. The van der Waals surface area contributed by atoms with Crippen LogP contribution in [0.3, 0.4) is 0 Å². The van der Waals surface area contributed by atoms with Gasteiger partial charge in [-0.25, -0.2) is 14.4 Å². The molecule has 6 nitrogen and oxygen atoms in total. The minimum absolute atomic E-state index is 0.159. The lowest BCUT2D eigenvalue weighted by Crippen LogP contribution is -2.39. The van der Waals surface area contributed by atoms with E-state index >= 15 is 0 Å². The van der Waals surface area contributed by atoms with Crippen LogP contribution >= 0.6 is 11.3 Å². The molecule has 2 heterocycles. The molecule has 0 radical (unpaired) electrons. The average molecular weight is 420 g/mol. The van der Waals surface area contributed by atoms with E-state index in [2.05, 4.69) is 25.9 Å². The first-order chi connectivity index (χ1) is 14.1. The molecular formula is C21H30FN5OS. The van der Waals surface area contributed by atoms with Crippen LogP contribution in [0.5, 0.6) is 5.75 Å². The van der Waals surface area contributed by atoms with Gasteiger partial charge < -0.3 is 20.3 Å². The van der Waals surface area contributed by atoms with Crippen molar-refractivity contribution >= 4 is 22.4 Å². The van der Waals surface area contributed by atoms with Gasteiger partial charge in [-0.1, -0.05) is 6.07 Å². The van der Waals surface area contributed by atoms with Crippen molar-refractivity contribution in [1.82, 2.24) is 15.6 Å². The van der Waals surface area contributed by atoms with Crippen molar-refractivity contribution < 1.29 is 9.13 Å². The number of halogens is 1. The van der Waals surface area contributed by atoms with Crippen molar-refractivity contribution in [3.05, 3.63) is 41.2 Å². The van der Waals surface area contributed by atoms with E-state index in [4.69, 9.17) is 9.72 Å². The molecule has 2 N–H and O–H groups in total. The van der Waals surface area contributed by atoms with E-state index < -0.39 is 0 Å². The second-order valence-electron chi connectivity index (χ2n) is 7.10. The van der Waals surface area contributed by atoms with E-state index in [0.717, 1.165) is 49.4 Å². The predicted molar refractivity (Wildman–Crippen MR) is 118 cm³/mol. The molecule has 29 heavy (non-hydrogen) atoms. The Bertz CT molecular complexity index is 791. The first kappa shape index (κ1) is 21.4. The van der Waals surface area contributed by atoms with E-state index in [9.17, 15) is 4.39 Å². The highest BCUT2D eigenvalue weighted by molar-refractivity contribution is 7.13. The van der Waals surface area contributed by atoms with Gasteiger partial charge in [0.05, 0.1) is 12.2 Å². The Kier molecular flexibility index (Phi) is 8.10. The Morgan fingerprint density at radius 1 is 1.34 bits per heavy atom. The van der Waals surface area contributed by atoms with Crippen molar-refractivity contribution in [3.8, 4) is 5.75 Å². The number of nitrogens with one attached hydrogen (secondary N) is 2. The molecule has 2 aromatic rings. The van der Waals surface area contributed by atoms with Crippen molar-refractivity contribution in [1.29, 1.82) is 0 Å². The van der Waals surface area contributed by atoms with Crippen molar-refractivity contribution in [3.63, 3.8) is 0 Å². The van der Waals surface area contributed by atoms with Crippen LogP contribution in [0.25, 0.3) is 0 Å². The molecule has 0 bridgehead atoms. The first-order valence-electron chi connectivity index (χ1n) is 10.3. The van der Waals surface area contributed by atoms with Gasteiger partial charge in [-0.3, -0.25) is 0 Å². The molecule has 3 rings (SSSR count). The van der Waals surface area contributed by atoms with Crippen LogP contribution < -0.4 is 20.3 Å². The summed E-state index contributed by atoms with van der Waals surface area (Å²) in [7, 11) is 0. The Morgan fingerprint density at radius 2 is 2.17 bits per heavy atom. The molecule has 1 unspecified atom stereocenters. The number of hydrogen-bond acceptors (Lipinski definition) is 5. The number of nitrogens with zero attached hydrogens (tertiary/aromatic N) is 3. The molecule has 0 amide bonds. The Labute approximate surface area is 176 Å². The number of ether oxygens (including phenoxy) is 1. The van der Waals surface area contributed by atoms with Crippen LogP contribution in [0.15, 0.2) is 34.6 Å². The first-order valence-corrected chi connectivity index (χ1v) is 11.2. The quantitative estimate of drug-likeness (QED) is 0.482. The number of hydrogen-bond donors (Lipinski definition) is 2. The Balaban J connectivity index is 1.45. The molecule has 1 aliphatic heterocycles. The van der Waals surface area contributed by atoms with E-state index in [0.29, 0.717) is 12.3 Å². The van der Waals surface area contributed by atoms with Crippen LogP contribution in [0.4, 0.5) is 9.52 Å². The number of benzene rings is 1. The summed E-state index contributed by atoms with van der Waals surface area (Å²) in [5.41, 5.74) is 1.11. The Hall–Kier alpha value is -2.35. The third-order valence-corrected chi connectivity index (χ3v) is 5.52. The fourth-order valence-corrected chi connectivity index (χ4v) is 4.06. The molecule has 1 fully saturated rings. The summed E-state index contributed by atoms with van der Waals surface area (Å²) in [6, 6.07) is 6.17. The summed E-state index contributed by atoms with van der Waals surface area (Å²) >= 11 is 1.73. The summed E-state index contributed by atoms with van der Waals surface area (Å²) in [6.07, 6.45) is 3.22. The molecule has 1 aromatic heterocycles. The van der Waals surface area contributed by atoms with Crippen LogP contribution in [0, 0.1) is 5.82 Å². The second kappa shape index (κ2) is 11.0. The average Bonchev–Trinajstić information content (AvgIpc) is 3.38. The molecule has 158 valence electrons. The summed E-state index contributed by atoms with van der Waals surface area (Å²) in [5, 5.41) is 9.88. The zero-order valence-corrected chi connectivity index (χ0v) is 18.0. The van der Waals surface area contributed by atoms with Gasteiger partial charge >= 0.3 is 0 Å². The van der Waals surface area contributed by atoms with E-state index in [-0.39, 0.29) is 11.9 Å². The van der Waals surface area contributed by atoms with Crippen LogP contribution in [0.2, 0.25) is 0 Å². The highest BCUT2D eigenvalue weighted by atomic mass is 32.1. The van der Waals surface area contributed by atoms with Crippen LogP contribution in [-0.4, -0.2) is 49.8 Å². The van der Waals surface area contributed by atoms with E-state index in [1.165, 1.54) is 25.0 Å². The molecule has 0 spiro atoms. The highest BCUT2D eigenvalue weighted by Gasteiger charge is 2.15. The summed E-state index contributed by atoms with van der Waals surface area (Å²) in [4.78, 5) is 11.7. The van der Waals surface area contributed by atoms with Crippen LogP contribution in [-0.2, 0) is 6.42 Å². The fraction of sp³-hybridized carbons (Fsp3) is 0.524.